The van der Waals surface area contributed by atoms with Crippen molar-refractivity contribution in [2.45, 2.75) is 45.5 Å². The smallest absolute Gasteiger partial charge is 0.220 e. The molecule has 0 aromatic rings. The van der Waals surface area contributed by atoms with Gasteiger partial charge in [-0.2, -0.15) is 0 Å². The maximum atomic E-state index is 5.84. The van der Waals surface area contributed by atoms with Gasteiger partial charge in [0.1, 0.15) is 11.4 Å². The van der Waals surface area contributed by atoms with Gasteiger partial charge in [-0.3, -0.25) is 4.99 Å². The second kappa shape index (κ2) is 3.57. The molecule has 0 spiro atoms. The molecule has 2 aliphatic rings. The minimum Gasteiger partial charge on any atom is -0.473 e. The molecule has 2 unspecified atom stereocenters. The first-order valence-corrected chi connectivity index (χ1v) is 5.44. The highest BCUT2D eigenvalue weighted by molar-refractivity contribution is 5.99. The van der Waals surface area contributed by atoms with E-state index in [1.54, 1.807) is 6.34 Å². The maximum Gasteiger partial charge on any atom is 0.220 e. The van der Waals surface area contributed by atoms with Gasteiger partial charge < -0.3 is 9.64 Å². The Balaban J connectivity index is 2.24. The van der Waals surface area contributed by atoms with Crippen LogP contribution in [-0.2, 0) is 4.74 Å². The lowest BCUT2D eigenvalue weighted by Crippen LogP contribution is -2.43. The second-order valence-corrected chi connectivity index (χ2v) is 5.13. The quantitative estimate of drug-likeness (QED) is 0.620. The van der Waals surface area contributed by atoms with Crippen molar-refractivity contribution in [3.05, 3.63) is 0 Å². The fraction of sp³-hybridized carbons (Fsp3) is 0.727. The van der Waals surface area contributed by atoms with E-state index < -0.39 is 0 Å². The molecule has 2 aliphatic heterocycles. The molecule has 0 amide bonds. The lowest BCUT2D eigenvalue weighted by atomic mass is 10.1. The molecule has 0 aliphatic carbocycles. The van der Waals surface area contributed by atoms with E-state index in [1.807, 2.05) is 39.6 Å². The number of rotatable bonds is 0. The summed E-state index contributed by atoms with van der Waals surface area (Å²) in [6.45, 7) is 7.91. The van der Waals surface area contributed by atoms with Crippen LogP contribution in [-0.4, -0.2) is 47.8 Å². The van der Waals surface area contributed by atoms with E-state index in [-0.39, 0.29) is 17.8 Å². The van der Waals surface area contributed by atoms with Gasteiger partial charge in [0.2, 0.25) is 5.90 Å². The van der Waals surface area contributed by atoms with Crippen LogP contribution >= 0.6 is 0 Å². The Kier molecular flexibility index (Phi) is 2.48. The third kappa shape index (κ3) is 2.08. The van der Waals surface area contributed by atoms with Crippen molar-refractivity contribution < 1.29 is 4.74 Å². The number of fused-ring (bicyclic) bond motifs is 1. The van der Waals surface area contributed by atoms with E-state index in [1.165, 1.54) is 0 Å². The number of aliphatic imine (C=N–C) groups is 3. The minimum absolute atomic E-state index is 0.00912. The third-order valence-electron chi connectivity index (χ3n) is 2.36. The van der Waals surface area contributed by atoms with Gasteiger partial charge in [-0.1, -0.05) is 0 Å². The summed E-state index contributed by atoms with van der Waals surface area (Å²) in [5, 5.41) is 0. The zero-order chi connectivity index (χ0) is 11.9. The fourth-order valence-electron chi connectivity index (χ4n) is 1.74. The van der Waals surface area contributed by atoms with Crippen LogP contribution < -0.4 is 0 Å². The summed E-state index contributed by atoms with van der Waals surface area (Å²) in [5.41, 5.74) is -0.252. The van der Waals surface area contributed by atoms with Crippen LogP contribution in [0.2, 0.25) is 0 Å². The Morgan fingerprint density at radius 2 is 2.06 bits per heavy atom. The second-order valence-electron chi connectivity index (χ2n) is 5.13. The zero-order valence-electron chi connectivity index (χ0n) is 10.4. The molecule has 2 rings (SSSR count). The van der Waals surface area contributed by atoms with Gasteiger partial charge >= 0.3 is 0 Å². The van der Waals surface area contributed by atoms with Crippen LogP contribution in [0.3, 0.4) is 0 Å². The summed E-state index contributed by atoms with van der Waals surface area (Å²) >= 11 is 0. The van der Waals surface area contributed by atoms with Gasteiger partial charge in [0.05, 0.1) is 6.34 Å². The summed E-state index contributed by atoms with van der Waals surface area (Å²) in [4.78, 5) is 15.2. The molecular weight excluding hydrogens is 204 g/mol. The van der Waals surface area contributed by atoms with Crippen LogP contribution in [0.15, 0.2) is 15.0 Å². The average molecular weight is 222 g/mol. The summed E-state index contributed by atoms with van der Waals surface area (Å²) in [6, 6.07) is -0.0899. The molecule has 0 saturated heterocycles. The number of ether oxygens (including phenoxy) is 1. The van der Waals surface area contributed by atoms with Gasteiger partial charge in [-0.25, -0.2) is 9.98 Å². The molecule has 0 radical (unpaired) electrons. The number of nitrogens with zero attached hydrogens (tertiary/aromatic N) is 4. The topological polar surface area (TPSA) is 49.5 Å². The first kappa shape index (κ1) is 11.1. The maximum absolute atomic E-state index is 5.84. The van der Waals surface area contributed by atoms with Crippen molar-refractivity contribution >= 4 is 18.1 Å². The Morgan fingerprint density at radius 1 is 1.38 bits per heavy atom. The van der Waals surface area contributed by atoms with E-state index in [4.69, 9.17) is 4.74 Å². The highest BCUT2D eigenvalue weighted by Gasteiger charge is 2.37. The summed E-state index contributed by atoms with van der Waals surface area (Å²) in [6.07, 6.45) is 1.80. The van der Waals surface area contributed by atoms with E-state index >= 15 is 0 Å². The molecule has 88 valence electrons. The SMILES string of the molecule is CC1=NC2C(N=CN2C)C(OC(C)(C)C)=N1. The molecule has 0 saturated carbocycles. The van der Waals surface area contributed by atoms with Gasteiger partial charge in [0, 0.05) is 7.05 Å². The predicted octanol–water partition coefficient (Wildman–Crippen LogP) is 1.30. The normalized spacial score (nSPS) is 28.7. The van der Waals surface area contributed by atoms with Gasteiger partial charge in [-0.05, 0) is 27.7 Å². The highest BCUT2D eigenvalue weighted by Crippen LogP contribution is 2.22. The molecular formula is C11H18N4O. The first-order chi connectivity index (χ1) is 7.37. The van der Waals surface area contributed by atoms with Crippen molar-refractivity contribution in [2.24, 2.45) is 15.0 Å². The lowest BCUT2D eigenvalue weighted by Gasteiger charge is -2.29. The van der Waals surface area contributed by atoms with Crippen LogP contribution in [0, 0.1) is 0 Å². The van der Waals surface area contributed by atoms with Crippen LogP contribution in [0.25, 0.3) is 0 Å². The number of hydrogen-bond donors (Lipinski definition) is 0. The largest absolute Gasteiger partial charge is 0.473 e. The summed E-state index contributed by atoms with van der Waals surface area (Å²) in [7, 11) is 1.96. The molecule has 0 bridgehead atoms. The highest BCUT2D eigenvalue weighted by atomic mass is 16.5. The molecule has 5 nitrogen and oxygen atoms in total. The standard InChI is InChI=1S/C11H18N4O/c1-7-13-9-8(12-6-15(9)5)10(14-7)16-11(2,3)4/h6,8-9H,1-5H3. The Morgan fingerprint density at radius 3 is 2.69 bits per heavy atom. The van der Waals surface area contributed by atoms with Crippen molar-refractivity contribution in [1.82, 2.24) is 4.90 Å². The molecule has 0 aromatic heterocycles. The monoisotopic (exact) mass is 222 g/mol. The van der Waals surface area contributed by atoms with Crippen molar-refractivity contribution in [2.75, 3.05) is 7.05 Å². The lowest BCUT2D eigenvalue weighted by molar-refractivity contribution is 0.107. The number of likely N-dealkylation sites (N-methyl/N-ethyl adjacent to an activating group) is 1. The molecule has 2 heterocycles. The van der Waals surface area contributed by atoms with Gasteiger partial charge in [0.25, 0.3) is 0 Å². The van der Waals surface area contributed by atoms with Crippen molar-refractivity contribution in [3.63, 3.8) is 0 Å². The zero-order valence-corrected chi connectivity index (χ0v) is 10.4. The molecule has 5 heteroatoms. The van der Waals surface area contributed by atoms with Gasteiger partial charge in [-0.15, -0.1) is 0 Å². The first-order valence-electron chi connectivity index (χ1n) is 5.44. The molecule has 2 atom stereocenters. The van der Waals surface area contributed by atoms with E-state index in [0.717, 1.165) is 5.84 Å². The van der Waals surface area contributed by atoms with Crippen LogP contribution in [0.4, 0.5) is 0 Å². The molecule has 0 fully saturated rings. The van der Waals surface area contributed by atoms with Crippen LogP contribution in [0.5, 0.6) is 0 Å². The van der Waals surface area contributed by atoms with Crippen molar-refractivity contribution in [3.8, 4) is 0 Å². The Hall–Kier alpha value is -1.39. The van der Waals surface area contributed by atoms with Gasteiger partial charge in [0.15, 0.2) is 12.2 Å². The molecule has 0 N–H and O–H groups in total. The Labute approximate surface area is 95.9 Å². The van der Waals surface area contributed by atoms with E-state index in [9.17, 15) is 0 Å². The van der Waals surface area contributed by atoms with Crippen LogP contribution in [0.1, 0.15) is 27.7 Å². The summed E-state index contributed by atoms with van der Waals surface area (Å²) in [5.74, 6) is 1.42. The predicted molar refractivity (Wildman–Crippen MR) is 65.2 cm³/mol. The third-order valence-corrected chi connectivity index (χ3v) is 2.36. The van der Waals surface area contributed by atoms with E-state index in [2.05, 4.69) is 15.0 Å². The van der Waals surface area contributed by atoms with Crippen molar-refractivity contribution in [1.29, 1.82) is 0 Å². The number of hydrogen-bond acceptors (Lipinski definition) is 5. The minimum atomic E-state index is -0.252. The molecule has 0 aromatic carbocycles. The number of amidine groups is 1. The van der Waals surface area contributed by atoms with E-state index in [0.29, 0.717) is 5.90 Å². The summed E-state index contributed by atoms with van der Waals surface area (Å²) < 4.78 is 5.84. The fourth-order valence-corrected chi connectivity index (χ4v) is 1.74. The Bertz CT molecular complexity index is 378. The molecule has 16 heavy (non-hydrogen) atoms. The average Bonchev–Trinajstić information content (AvgIpc) is 2.45.